The molecule has 0 spiro atoms. The lowest BCUT2D eigenvalue weighted by Gasteiger charge is -2.32. The second kappa shape index (κ2) is 10.1. The number of likely N-dealkylation sites (N-methyl/N-ethyl adjacent to an activating group) is 3. The van der Waals surface area contributed by atoms with E-state index >= 15 is 0 Å². The summed E-state index contributed by atoms with van der Waals surface area (Å²) in [6.07, 6.45) is 2.32. The van der Waals surface area contributed by atoms with Crippen LogP contribution in [0.1, 0.15) is 22.7 Å². The van der Waals surface area contributed by atoms with Crippen LogP contribution in [0.2, 0.25) is 0 Å². The number of ether oxygens (including phenoxy) is 4. The highest BCUT2D eigenvalue weighted by Gasteiger charge is 2.38. The molecule has 0 aliphatic carbocycles. The molecule has 3 aliphatic rings. The molecule has 38 heavy (non-hydrogen) atoms. The van der Waals surface area contributed by atoms with Gasteiger partial charge in [-0.3, -0.25) is 24.3 Å². The minimum Gasteiger partial charge on any atom is -0.492 e. The average Bonchev–Trinajstić information content (AvgIpc) is 3.40. The lowest BCUT2D eigenvalue weighted by Crippen LogP contribution is -2.52. The fourth-order valence-electron chi connectivity index (χ4n) is 4.68. The van der Waals surface area contributed by atoms with Crippen LogP contribution in [0.5, 0.6) is 23.0 Å². The Labute approximate surface area is 220 Å². The van der Waals surface area contributed by atoms with Crippen LogP contribution in [-0.4, -0.2) is 80.7 Å². The van der Waals surface area contributed by atoms with Crippen molar-refractivity contribution in [1.82, 2.24) is 14.7 Å². The average molecular weight is 518 g/mol. The second-order valence-corrected chi connectivity index (χ2v) is 9.10. The van der Waals surface area contributed by atoms with E-state index in [0.717, 1.165) is 33.9 Å². The minimum atomic E-state index is -0.658. The summed E-state index contributed by atoms with van der Waals surface area (Å²) in [6, 6.07) is 8.09. The van der Waals surface area contributed by atoms with E-state index in [1.165, 1.54) is 20.2 Å². The van der Waals surface area contributed by atoms with Gasteiger partial charge in [-0.15, -0.1) is 0 Å². The van der Waals surface area contributed by atoms with E-state index in [1.807, 2.05) is 13.1 Å². The number of amides is 4. The van der Waals surface area contributed by atoms with Gasteiger partial charge in [-0.2, -0.15) is 0 Å². The van der Waals surface area contributed by atoms with Gasteiger partial charge in [-0.05, 0) is 48.9 Å². The summed E-state index contributed by atoms with van der Waals surface area (Å²) in [6.45, 7) is 1.18. The molecule has 2 aromatic rings. The number of carbonyl (C=O) groups is 3. The Kier molecular flexibility index (Phi) is 6.70. The third kappa shape index (κ3) is 4.41. The molecular weight excluding hydrogens is 490 g/mol. The Bertz CT molecular complexity index is 1380. The zero-order chi connectivity index (χ0) is 27.0. The monoisotopic (exact) mass is 517 g/mol. The summed E-state index contributed by atoms with van der Waals surface area (Å²) < 4.78 is 22.7. The Morgan fingerprint density at radius 1 is 1.05 bits per heavy atom. The maximum absolute atomic E-state index is 12.4. The van der Waals surface area contributed by atoms with Crippen molar-refractivity contribution in [2.45, 2.75) is 12.5 Å². The van der Waals surface area contributed by atoms with Crippen molar-refractivity contribution < 1.29 is 33.3 Å². The first-order valence-corrected chi connectivity index (χ1v) is 12.0. The standard InChI is InChI=1S/C28H27N3O7/c1-29-12-11-18-15-22-24(38-16-37-22)25(35-4)23(18)21(29)6-5-13-36-19-9-7-17(8-10-19)14-20-26(32)30(2)28(34)31(3)27(20)33/h7-10,14-15,21H,11-13,16H2,1-4H3/t21-/m1/s1. The molecule has 0 unspecified atom stereocenters. The van der Waals surface area contributed by atoms with Crippen molar-refractivity contribution >= 4 is 23.9 Å². The van der Waals surface area contributed by atoms with Crippen molar-refractivity contribution in [3.8, 4) is 34.8 Å². The van der Waals surface area contributed by atoms with Crippen LogP contribution in [0.4, 0.5) is 4.79 Å². The van der Waals surface area contributed by atoms with Gasteiger partial charge in [-0.1, -0.05) is 24.0 Å². The Hall–Kier alpha value is -4.49. The summed E-state index contributed by atoms with van der Waals surface area (Å²) in [5, 5.41) is 0. The third-order valence-electron chi connectivity index (χ3n) is 6.78. The number of barbiturate groups is 1. The lowest BCUT2D eigenvalue weighted by atomic mass is 9.91. The molecule has 5 rings (SSSR count). The predicted molar refractivity (Wildman–Crippen MR) is 137 cm³/mol. The van der Waals surface area contributed by atoms with Gasteiger partial charge < -0.3 is 18.9 Å². The molecule has 0 bridgehead atoms. The largest absolute Gasteiger partial charge is 0.492 e. The second-order valence-electron chi connectivity index (χ2n) is 9.10. The first kappa shape index (κ1) is 25.2. The molecule has 0 aromatic heterocycles. The lowest BCUT2D eigenvalue weighted by molar-refractivity contribution is -0.134. The molecule has 2 aromatic carbocycles. The molecule has 4 amide bonds. The molecule has 1 saturated heterocycles. The minimum absolute atomic E-state index is 0.0796. The topological polar surface area (TPSA) is 97.9 Å². The fraction of sp³-hybridized carbons (Fsp3) is 0.321. The predicted octanol–water partition coefficient (Wildman–Crippen LogP) is 2.47. The van der Waals surface area contributed by atoms with E-state index in [9.17, 15) is 14.4 Å². The van der Waals surface area contributed by atoms with Crippen LogP contribution in [0.15, 0.2) is 35.9 Å². The molecule has 196 valence electrons. The highest BCUT2D eigenvalue weighted by atomic mass is 16.7. The number of hydrogen-bond acceptors (Lipinski definition) is 8. The Morgan fingerprint density at radius 2 is 1.76 bits per heavy atom. The maximum Gasteiger partial charge on any atom is 0.333 e. The fourth-order valence-corrected chi connectivity index (χ4v) is 4.68. The van der Waals surface area contributed by atoms with Crippen LogP contribution in [0.3, 0.4) is 0 Å². The van der Waals surface area contributed by atoms with E-state index in [0.29, 0.717) is 28.6 Å². The molecule has 1 fully saturated rings. The van der Waals surface area contributed by atoms with Crippen LogP contribution in [0, 0.1) is 11.8 Å². The summed E-state index contributed by atoms with van der Waals surface area (Å²) in [4.78, 5) is 40.7. The third-order valence-corrected chi connectivity index (χ3v) is 6.78. The summed E-state index contributed by atoms with van der Waals surface area (Å²) in [5.41, 5.74) is 2.66. The van der Waals surface area contributed by atoms with Crippen molar-refractivity contribution in [2.75, 3.05) is 48.2 Å². The van der Waals surface area contributed by atoms with Gasteiger partial charge in [0.2, 0.25) is 12.5 Å². The first-order chi connectivity index (χ1) is 18.3. The Morgan fingerprint density at radius 3 is 2.45 bits per heavy atom. The molecule has 1 atom stereocenters. The molecule has 3 heterocycles. The number of fused-ring (bicyclic) bond motifs is 2. The van der Waals surface area contributed by atoms with Crippen LogP contribution >= 0.6 is 0 Å². The van der Waals surface area contributed by atoms with Crippen LogP contribution in [-0.2, 0) is 16.0 Å². The highest BCUT2D eigenvalue weighted by molar-refractivity contribution is 6.30. The van der Waals surface area contributed by atoms with Gasteiger partial charge in [0.25, 0.3) is 11.8 Å². The molecule has 0 N–H and O–H groups in total. The number of nitrogens with zero attached hydrogens (tertiary/aromatic N) is 3. The maximum atomic E-state index is 12.4. The van der Waals surface area contributed by atoms with Crippen molar-refractivity contribution in [3.63, 3.8) is 0 Å². The number of carbonyl (C=O) groups excluding carboxylic acids is 3. The molecule has 10 heteroatoms. The molecule has 0 radical (unpaired) electrons. The number of imide groups is 2. The summed E-state index contributed by atoms with van der Waals surface area (Å²) >= 11 is 0. The SMILES string of the molecule is COc1c2c(cc3c1[C@@H](C#CCOc1ccc(C=C4C(=O)N(C)C(=O)N(C)C4=O)cc1)N(C)CC3)OCO2. The number of methoxy groups -OCH3 is 1. The molecular formula is C28H27N3O7. The Balaban J connectivity index is 1.28. The van der Waals surface area contributed by atoms with Crippen molar-refractivity contribution in [1.29, 1.82) is 0 Å². The molecule has 3 aliphatic heterocycles. The number of hydrogen-bond donors (Lipinski definition) is 0. The smallest absolute Gasteiger partial charge is 0.333 e. The van der Waals surface area contributed by atoms with Gasteiger partial charge in [-0.25, -0.2) is 4.79 Å². The van der Waals surface area contributed by atoms with Gasteiger partial charge in [0.05, 0.1) is 7.11 Å². The summed E-state index contributed by atoms with van der Waals surface area (Å²) in [5.74, 6) is 7.70. The quantitative estimate of drug-likeness (QED) is 0.347. The van der Waals surface area contributed by atoms with E-state index in [4.69, 9.17) is 18.9 Å². The van der Waals surface area contributed by atoms with E-state index in [-0.39, 0.29) is 25.0 Å². The van der Waals surface area contributed by atoms with Gasteiger partial charge >= 0.3 is 6.03 Å². The van der Waals surface area contributed by atoms with Crippen molar-refractivity contribution in [3.05, 3.63) is 52.6 Å². The summed E-state index contributed by atoms with van der Waals surface area (Å²) in [7, 11) is 6.32. The zero-order valence-corrected chi connectivity index (χ0v) is 21.6. The van der Waals surface area contributed by atoms with Gasteiger partial charge in [0.15, 0.2) is 11.5 Å². The first-order valence-electron chi connectivity index (χ1n) is 12.0. The molecule has 0 saturated carbocycles. The van der Waals surface area contributed by atoms with Crippen LogP contribution in [0.25, 0.3) is 6.08 Å². The van der Waals surface area contributed by atoms with Gasteiger partial charge in [0, 0.05) is 26.2 Å². The van der Waals surface area contributed by atoms with E-state index < -0.39 is 17.8 Å². The van der Waals surface area contributed by atoms with Crippen molar-refractivity contribution in [2.24, 2.45) is 0 Å². The van der Waals surface area contributed by atoms with Gasteiger partial charge in [0.1, 0.15) is 24.0 Å². The zero-order valence-electron chi connectivity index (χ0n) is 21.6. The number of urea groups is 1. The number of rotatable bonds is 4. The highest BCUT2D eigenvalue weighted by Crippen LogP contribution is 2.49. The van der Waals surface area contributed by atoms with E-state index in [2.05, 4.69) is 16.7 Å². The van der Waals surface area contributed by atoms with Crippen LogP contribution < -0.4 is 18.9 Å². The number of benzene rings is 2. The normalized spacial score (nSPS) is 18.7. The molecule has 10 nitrogen and oxygen atoms in total. The van der Waals surface area contributed by atoms with E-state index in [1.54, 1.807) is 31.4 Å².